The average Bonchev–Trinajstić information content (AvgIpc) is 2.64. The highest BCUT2D eigenvalue weighted by molar-refractivity contribution is 6.16. The first kappa shape index (κ1) is 10.9. The molecule has 0 aliphatic carbocycles. The quantitative estimate of drug-likeness (QED) is 0.777. The van der Waals surface area contributed by atoms with E-state index in [0.29, 0.717) is 5.69 Å². The topological polar surface area (TPSA) is 35.3 Å². The zero-order chi connectivity index (χ0) is 11.5. The minimum Gasteiger partial charge on any atom is -0.417 e. The van der Waals surface area contributed by atoms with E-state index in [9.17, 15) is 8.78 Å². The van der Waals surface area contributed by atoms with E-state index in [0.717, 1.165) is 18.2 Å². The van der Waals surface area contributed by atoms with Gasteiger partial charge in [0.05, 0.1) is 11.6 Å². The van der Waals surface area contributed by atoms with E-state index in [1.165, 1.54) is 6.26 Å². The van der Waals surface area contributed by atoms with Gasteiger partial charge in [-0.3, -0.25) is 0 Å². The van der Waals surface area contributed by atoms with Crippen molar-refractivity contribution in [3.8, 4) is 11.8 Å². The van der Waals surface area contributed by atoms with Gasteiger partial charge in [0, 0.05) is 18.2 Å². The molecule has 0 N–H and O–H groups in total. The van der Waals surface area contributed by atoms with Crippen LogP contribution in [0.4, 0.5) is 8.78 Å². The van der Waals surface area contributed by atoms with E-state index < -0.39 is 11.6 Å². The molecule has 0 aliphatic rings. The Labute approximate surface area is 94.6 Å². The van der Waals surface area contributed by atoms with Crippen LogP contribution in [-0.4, -0.2) is 4.98 Å². The lowest BCUT2D eigenvalue weighted by molar-refractivity contribution is 0.328. The lowest BCUT2D eigenvalue weighted by atomic mass is 10.3. The predicted molar refractivity (Wildman–Crippen MR) is 52.5 cm³/mol. The van der Waals surface area contributed by atoms with Crippen molar-refractivity contribution in [2.45, 2.75) is 5.88 Å². The van der Waals surface area contributed by atoms with Crippen LogP contribution in [0.1, 0.15) is 5.69 Å². The molecule has 2 aromatic rings. The molecule has 0 radical (unpaired) electrons. The van der Waals surface area contributed by atoms with E-state index in [-0.39, 0.29) is 17.7 Å². The highest BCUT2D eigenvalue weighted by Crippen LogP contribution is 2.22. The van der Waals surface area contributed by atoms with Crippen LogP contribution in [-0.2, 0) is 5.88 Å². The van der Waals surface area contributed by atoms with Crippen LogP contribution < -0.4 is 4.74 Å². The average molecular weight is 246 g/mol. The summed E-state index contributed by atoms with van der Waals surface area (Å²) in [5.41, 5.74) is 0.480. The maximum Gasteiger partial charge on any atom is 0.399 e. The van der Waals surface area contributed by atoms with Crippen LogP contribution in [0.3, 0.4) is 0 Å². The number of ether oxygens (including phenoxy) is 1. The van der Waals surface area contributed by atoms with Crippen LogP contribution in [0.2, 0.25) is 0 Å². The van der Waals surface area contributed by atoms with E-state index >= 15 is 0 Å². The number of hydrogen-bond acceptors (Lipinski definition) is 3. The zero-order valence-corrected chi connectivity index (χ0v) is 8.67. The maximum absolute atomic E-state index is 12.8. The number of benzene rings is 1. The van der Waals surface area contributed by atoms with E-state index in [1.54, 1.807) is 0 Å². The first-order chi connectivity index (χ1) is 7.67. The Morgan fingerprint density at radius 3 is 2.50 bits per heavy atom. The molecule has 0 fully saturated rings. The predicted octanol–water partition coefficient (Wildman–Crippen LogP) is 3.48. The van der Waals surface area contributed by atoms with Crippen molar-refractivity contribution in [2.24, 2.45) is 0 Å². The van der Waals surface area contributed by atoms with Crippen LogP contribution in [0.15, 0.2) is 28.9 Å². The van der Waals surface area contributed by atoms with Crippen molar-refractivity contribution in [1.29, 1.82) is 0 Å². The highest BCUT2D eigenvalue weighted by atomic mass is 35.5. The van der Waals surface area contributed by atoms with Gasteiger partial charge in [0.2, 0.25) is 0 Å². The lowest BCUT2D eigenvalue weighted by Gasteiger charge is -2.00. The van der Waals surface area contributed by atoms with Crippen LogP contribution >= 0.6 is 11.6 Å². The van der Waals surface area contributed by atoms with Gasteiger partial charge in [0.15, 0.2) is 0 Å². The van der Waals surface area contributed by atoms with Gasteiger partial charge in [-0.15, -0.1) is 11.6 Å². The summed E-state index contributed by atoms with van der Waals surface area (Å²) < 4.78 is 35.5. The van der Waals surface area contributed by atoms with Gasteiger partial charge in [0.1, 0.15) is 23.6 Å². The first-order valence-corrected chi connectivity index (χ1v) is 4.85. The van der Waals surface area contributed by atoms with Gasteiger partial charge in [-0.2, -0.15) is 4.98 Å². The Hall–Kier alpha value is -1.62. The zero-order valence-electron chi connectivity index (χ0n) is 7.91. The SMILES string of the molecule is Fc1cc(F)cc(Oc2nc(CCl)co2)c1. The van der Waals surface area contributed by atoms with Crippen LogP contribution in [0.25, 0.3) is 0 Å². The number of halogens is 3. The third kappa shape index (κ3) is 2.49. The van der Waals surface area contributed by atoms with Crippen molar-refractivity contribution < 1.29 is 17.9 Å². The summed E-state index contributed by atoms with van der Waals surface area (Å²) in [5.74, 6) is -1.33. The molecule has 0 unspecified atom stereocenters. The Balaban J connectivity index is 2.19. The minimum absolute atomic E-state index is 0.0273. The Morgan fingerprint density at radius 2 is 1.94 bits per heavy atom. The standard InChI is InChI=1S/C10H6ClF2NO2/c11-4-8-5-15-10(14-8)16-9-2-6(12)1-7(13)3-9/h1-3,5H,4H2. The summed E-state index contributed by atoms with van der Waals surface area (Å²) in [7, 11) is 0. The molecule has 0 amide bonds. The van der Waals surface area contributed by atoms with Gasteiger partial charge < -0.3 is 9.15 Å². The minimum atomic E-state index is -0.737. The number of hydrogen-bond donors (Lipinski definition) is 0. The third-order valence-electron chi connectivity index (χ3n) is 1.71. The number of rotatable bonds is 3. The molecule has 1 heterocycles. The second-order valence-corrected chi connectivity index (χ2v) is 3.21. The molecule has 0 spiro atoms. The van der Waals surface area contributed by atoms with Crippen molar-refractivity contribution in [3.63, 3.8) is 0 Å². The van der Waals surface area contributed by atoms with Crippen LogP contribution in [0, 0.1) is 11.6 Å². The van der Waals surface area contributed by atoms with Crippen molar-refractivity contribution in [1.82, 2.24) is 4.98 Å². The number of nitrogens with zero attached hydrogens (tertiary/aromatic N) is 1. The molecule has 16 heavy (non-hydrogen) atoms. The molecular formula is C10H6ClF2NO2. The molecule has 0 atom stereocenters. The Kier molecular flexibility index (Phi) is 3.05. The number of aromatic nitrogens is 1. The van der Waals surface area contributed by atoms with Gasteiger partial charge in [-0.25, -0.2) is 8.78 Å². The molecule has 3 nitrogen and oxygen atoms in total. The van der Waals surface area contributed by atoms with Crippen molar-refractivity contribution in [2.75, 3.05) is 0 Å². The van der Waals surface area contributed by atoms with Crippen molar-refractivity contribution in [3.05, 3.63) is 41.8 Å². The summed E-state index contributed by atoms with van der Waals surface area (Å²) >= 11 is 5.50. The number of alkyl halides is 1. The molecule has 6 heteroatoms. The van der Waals surface area contributed by atoms with E-state index in [1.807, 2.05) is 0 Å². The monoisotopic (exact) mass is 245 g/mol. The number of oxazole rings is 1. The summed E-state index contributed by atoms with van der Waals surface area (Å²) in [6.45, 7) is 0. The molecule has 0 saturated heterocycles. The summed E-state index contributed by atoms with van der Waals surface area (Å²) in [4.78, 5) is 3.82. The summed E-state index contributed by atoms with van der Waals surface area (Å²) in [6.07, 6.45) is 1.19. The fourth-order valence-corrected chi connectivity index (χ4v) is 1.21. The first-order valence-electron chi connectivity index (χ1n) is 4.31. The molecule has 84 valence electrons. The maximum atomic E-state index is 12.8. The molecule has 1 aromatic carbocycles. The smallest absolute Gasteiger partial charge is 0.399 e. The molecule has 1 aromatic heterocycles. The second-order valence-electron chi connectivity index (χ2n) is 2.95. The van der Waals surface area contributed by atoms with Gasteiger partial charge in [-0.1, -0.05) is 0 Å². The van der Waals surface area contributed by atoms with Gasteiger partial charge in [0.25, 0.3) is 0 Å². The highest BCUT2D eigenvalue weighted by Gasteiger charge is 2.07. The van der Waals surface area contributed by atoms with Gasteiger partial charge >= 0.3 is 6.08 Å². The molecule has 0 saturated carbocycles. The Bertz CT molecular complexity index is 481. The van der Waals surface area contributed by atoms with E-state index in [2.05, 4.69) is 4.98 Å². The summed E-state index contributed by atoms with van der Waals surface area (Å²) in [5, 5.41) is 0. The molecular weight excluding hydrogens is 240 g/mol. The second kappa shape index (κ2) is 4.49. The van der Waals surface area contributed by atoms with Gasteiger partial charge in [-0.05, 0) is 0 Å². The third-order valence-corrected chi connectivity index (χ3v) is 1.98. The fraction of sp³-hybridized carbons (Fsp3) is 0.100. The molecule has 2 rings (SSSR count). The Morgan fingerprint density at radius 1 is 1.25 bits per heavy atom. The van der Waals surface area contributed by atoms with Crippen LogP contribution in [0.5, 0.6) is 11.8 Å². The molecule has 0 bridgehead atoms. The normalized spacial score (nSPS) is 10.4. The van der Waals surface area contributed by atoms with E-state index in [4.69, 9.17) is 20.8 Å². The molecule has 0 aliphatic heterocycles. The fourth-order valence-electron chi connectivity index (χ4n) is 1.08. The lowest BCUT2D eigenvalue weighted by Crippen LogP contribution is -1.88. The summed E-state index contributed by atoms with van der Waals surface area (Å²) in [6, 6.07) is 2.79. The largest absolute Gasteiger partial charge is 0.417 e. The van der Waals surface area contributed by atoms with Crippen molar-refractivity contribution >= 4 is 11.6 Å².